The Labute approximate surface area is 155 Å². The molecule has 1 unspecified atom stereocenters. The fourth-order valence-electron chi connectivity index (χ4n) is 2.48. The Balaban J connectivity index is 1.76. The minimum atomic E-state index is -1.74. The van der Waals surface area contributed by atoms with Crippen molar-refractivity contribution in [2.45, 2.75) is 11.5 Å². The second-order valence-electron chi connectivity index (χ2n) is 5.74. The largest absolute Gasteiger partial charge is 0.350 e. The molecule has 1 atom stereocenters. The molecule has 0 aliphatic rings. The summed E-state index contributed by atoms with van der Waals surface area (Å²) >= 11 is 0. The number of hydrogen-bond donors (Lipinski definition) is 1. The van der Waals surface area contributed by atoms with Gasteiger partial charge < -0.3 is 5.32 Å². The number of anilines is 2. The second-order valence-corrected chi connectivity index (χ2v) is 7.19. The summed E-state index contributed by atoms with van der Waals surface area (Å²) in [6.07, 6.45) is 0. The molecule has 8 heteroatoms. The summed E-state index contributed by atoms with van der Waals surface area (Å²) < 4.78 is 66.2. The van der Waals surface area contributed by atoms with Gasteiger partial charge in [-0.2, -0.15) is 22.5 Å². The number of halogens is 4. The second kappa shape index (κ2) is 8.30. The van der Waals surface area contributed by atoms with Crippen LogP contribution in [-0.4, -0.2) is 9.19 Å². The quantitative estimate of drug-likeness (QED) is 0.481. The van der Waals surface area contributed by atoms with E-state index in [-0.39, 0.29) is 11.4 Å². The van der Waals surface area contributed by atoms with Crippen molar-refractivity contribution in [3.05, 3.63) is 89.3 Å². The normalized spacial score (nSPS) is 12.0. The lowest BCUT2D eigenvalue weighted by atomic mass is 10.2. The van der Waals surface area contributed by atoms with Gasteiger partial charge in [-0.05, 0) is 23.3 Å². The van der Waals surface area contributed by atoms with Crippen molar-refractivity contribution < 1.29 is 21.8 Å². The van der Waals surface area contributed by atoms with Gasteiger partial charge in [0.2, 0.25) is 11.6 Å². The van der Waals surface area contributed by atoms with Crippen LogP contribution in [-0.2, 0) is 22.3 Å². The molecule has 3 nitrogen and oxygen atoms in total. The molecule has 3 rings (SSSR count). The first-order valence-corrected chi connectivity index (χ1v) is 9.37. The van der Waals surface area contributed by atoms with Gasteiger partial charge >= 0.3 is 0 Å². The highest BCUT2D eigenvalue weighted by Gasteiger charge is 2.20. The van der Waals surface area contributed by atoms with Crippen LogP contribution < -0.4 is 5.32 Å². The predicted octanol–water partition coefficient (Wildman–Crippen LogP) is 4.83. The Morgan fingerprint density at radius 2 is 1.41 bits per heavy atom. The van der Waals surface area contributed by atoms with Gasteiger partial charge in [0.05, 0.1) is 0 Å². The summed E-state index contributed by atoms with van der Waals surface area (Å²) in [6, 6.07) is 15.6. The van der Waals surface area contributed by atoms with Crippen LogP contribution >= 0.6 is 0 Å². The third kappa shape index (κ3) is 4.71. The molecule has 1 heterocycles. The standard InChI is InChI=1S/C19H14F4N2OS/c20-15-17(16(21)19(23)25-18(15)22)24-14-8-4-7-13(9-14)11-27(26)10-12-5-2-1-3-6-12/h1-9H,10-11H2,(H,24,25). The van der Waals surface area contributed by atoms with Gasteiger partial charge in [0.1, 0.15) is 5.69 Å². The van der Waals surface area contributed by atoms with Gasteiger partial charge in [-0.25, -0.2) is 0 Å². The van der Waals surface area contributed by atoms with Crippen molar-refractivity contribution in [2.24, 2.45) is 0 Å². The number of benzene rings is 2. The Hall–Kier alpha value is -2.74. The molecule has 1 aromatic heterocycles. The first-order valence-electron chi connectivity index (χ1n) is 7.89. The van der Waals surface area contributed by atoms with Crippen LogP contribution in [0.2, 0.25) is 0 Å². The maximum atomic E-state index is 13.7. The van der Waals surface area contributed by atoms with E-state index in [1.54, 1.807) is 12.1 Å². The van der Waals surface area contributed by atoms with Gasteiger partial charge in [0.25, 0.3) is 11.9 Å². The minimum Gasteiger partial charge on any atom is -0.350 e. The fraction of sp³-hybridized carbons (Fsp3) is 0.105. The van der Waals surface area contributed by atoms with Crippen LogP contribution in [0, 0.1) is 23.5 Å². The number of rotatable bonds is 6. The molecular formula is C19H14F4N2OS. The fourth-order valence-corrected chi connectivity index (χ4v) is 3.69. The number of aromatic nitrogens is 1. The molecule has 0 bridgehead atoms. The van der Waals surface area contributed by atoms with Crippen LogP contribution in [0.1, 0.15) is 11.1 Å². The van der Waals surface area contributed by atoms with Gasteiger partial charge in [-0.1, -0.05) is 42.5 Å². The summed E-state index contributed by atoms with van der Waals surface area (Å²) in [7, 11) is -1.20. The lowest BCUT2D eigenvalue weighted by Crippen LogP contribution is -2.06. The van der Waals surface area contributed by atoms with E-state index in [1.807, 2.05) is 30.3 Å². The van der Waals surface area contributed by atoms with Gasteiger partial charge in [-0.15, -0.1) is 0 Å². The molecule has 0 radical (unpaired) electrons. The Bertz CT molecular complexity index is 957. The first kappa shape index (κ1) is 19.0. The van der Waals surface area contributed by atoms with Crippen molar-refractivity contribution in [2.75, 3.05) is 5.32 Å². The number of nitrogens with zero attached hydrogens (tertiary/aromatic N) is 1. The molecular weight excluding hydrogens is 380 g/mol. The highest BCUT2D eigenvalue weighted by Crippen LogP contribution is 2.26. The van der Waals surface area contributed by atoms with Crippen LogP contribution in [0.25, 0.3) is 0 Å². The Kier molecular flexibility index (Phi) is 5.85. The molecule has 3 aromatic rings. The molecule has 2 aromatic carbocycles. The molecule has 0 aliphatic carbocycles. The third-order valence-electron chi connectivity index (χ3n) is 3.69. The zero-order valence-electron chi connectivity index (χ0n) is 13.9. The summed E-state index contributed by atoms with van der Waals surface area (Å²) in [4.78, 5) is 2.51. The topological polar surface area (TPSA) is 42.0 Å². The molecule has 140 valence electrons. The van der Waals surface area contributed by atoms with E-state index in [4.69, 9.17) is 0 Å². The number of pyridine rings is 1. The monoisotopic (exact) mass is 394 g/mol. The smallest absolute Gasteiger partial charge is 0.253 e. The Morgan fingerprint density at radius 1 is 0.815 bits per heavy atom. The molecule has 0 saturated carbocycles. The van der Waals surface area contributed by atoms with E-state index in [9.17, 15) is 21.8 Å². The number of nitrogens with one attached hydrogen (secondary N) is 1. The summed E-state index contributed by atoms with van der Waals surface area (Å²) in [5.41, 5.74) is 0.802. The summed E-state index contributed by atoms with van der Waals surface area (Å²) in [5, 5.41) is 2.32. The van der Waals surface area contributed by atoms with Crippen LogP contribution in [0.5, 0.6) is 0 Å². The third-order valence-corrected chi connectivity index (χ3v) is 5.00. The molecule has 0 amide bonds. The van der Waals surface area contributed by atoms with Crippen molar-refractivity contribution in [1.29, 1.82) is 0 Å². The predicted molar refractivity (Wildman–Crippen MR) is 95.8 cm³/mol. The van der Waals surface area contributed by atoms with Gasteiger partial charge in [0.15, 0.2) is 0 Å². The first-order chi connectivity index (χ1) is 12.9. The van der Waals surface area contributed by atoms with E-state index < -0.39 is 40.0 Å². The van der Waals surface area contributed by atoms with Gasteiger partial charge in [-0.3, -0.25) is 4.21 Å². The highest BCUT2D eigenvalue weighted by molar-refractivity contribution is 7.83. The van der Waals surface area contributed by atoms with Gasteiger partial charge in [0, 0.05) is 28.0 Å². The van der Waals surface area contributed by atoms with E-state index in [2.05, 4.69) is 10.3 Å². The molecule has 1 N–H and O–H groups in total. The SMILES string of the molecule is O=S(Cc1ccccc1)Cc1cccc(Nc2c(F)c(F)nc(F)c2F)c1. The molecule has 0 fully saturated rings. The maximum Gasteiger partial charge on any atom is 0.253 e. The zero-order valence-corrected chi connectivity index (χ0v) is 14.7. The minimum absolute atomic E-state index is 0.201. The van der Waals surface area contributed by atoms with Crippen LogP contribution in [0.3, 0.4) is 0 Å². The van der Waals surface area contributed by atoms with E-state index >= 15 is 0 Å². The van der Waals surface area contributed by atoms with Crippen LogP contribution in [0.4, 0.5) is 28.9 Å². The van der Waals surface area contributed by atoms with Crippen molar-refractivity contribution in [3.8, 4) is 0 Å². The average molecular weight is 394 g/mol. The lowest BCUT2D eigenvalue weighted by Gasteiger charge is -2.11. The summed E-state index contributed by atoms with van der Waals surface area (Å²) in [6.45, 7) is 0. The Morgan fingerprint density at radius 3 is 2.07 bits per heavy atom. The van der Waals surface area contributed by atoms with E-state index in [1.165, 1.54) is 12.1 Å². The molecule has 0 saturated heterocycles. The summed E-state index contributed by atoms with van der Waals surface area (Å²) in [5.74, 6) is -6.14. The van der Waals surface area contributed by atoms with E-state index in [0.717, 1.165) is 5.56 Å². The molecule has 0 spiro atoms. The zero-order chi connectivity index (χ0) is 19.4. The maximum absolute atomic E-state index is 13.7. The molecule has 27 heavy (non-hydrogen) atoms. The van der Waals surface area contributed by atoms with Crippen LogP contribution in [0.15, 0.2) is 54.6 Å². The molecule has 0 aliphatic heterocycles. The van der Waals surface area contributed by atoms with Crippen molar-refractivity contribution in [1.82, 2.24) is 4.98 Å². The van der Waals surface area contributed by atoms with Crippen molar-refractivity contribution in [3.63, 3.8) is 0 Å². The van der Waals surface area contributed by atoms with Crippen molar-refractivity contribution >= 4 is 22.2 Å². The number of hydrogen-bond acceptors (Lipinski definition) is 3. The lowest BCUT2D eigenvalue weighted by molar-refractivity contribution is 0.411. The van der Waals surface area contributed by atoms with E-state index in [0.29, 0.717) is 11.3 Å². The highest BCUT2D eigenvalue weighted by atomic mass is 32.2. The average Bonchev–Trinajstić information content (AvgIpc) is 2.65.